The Balaban J connectivity index is 2.18. The molecule has 0 bridgehead atoms. The van der Waals surface area contributed by atoms with Gasteiger partial charge in [-0.15, -0.1) is 0 Å². The van der Waals surface area contributed by atoms with E-state index in [9.17, 15) is 30.3 Å². The molecule has 0 spiro atoms. The minimum atomic E-state index is -1.55. The summed E-state index contributed by atoms with van der Waals surface area (Å²) >= 11 is 0. The minimum absolute atomic E-state index is 0.134. The van der Waals surface area contributed by atoms with Crippen molar-refractivity contribution in [3.05, 3.63) is 12.2 Å². The molecule has 1 heterocycles. The van der Waals surface area contributed by atoms with Gasteiger partial charge >= 0.3 is 0 Å². The molecule has 0 saturated carbocycles. The van der Waals surface area contributed by atoms with Crippen molar-refractivity contribution in [2.24, 2.45) is 0 Å². The molecule has 0 aliphatic carbocycles. The Morgan fingerprint density at radius 2 is 0.848 bits per heavy atom. The highest BCUT2D eigenvalue weighted by atomic mass is 16.7. The van der Waals surface area contributed by atoms with Gasteiger partial charge in [0.1, 0.15) is 24.4 Å². The molecule has 1 aliphatic rings. The first-order valence-electron chi connectivity index (χ1n) is 28.9. The van der Waals surface area contributed by atoms with E-state index in [-0.39, 0.29) is 12.5 Å². The van der Waals surface area contributed by atoms with Gasteiger partial charge in [-0.2, -0.15) is 0 Å². The van der Waals surface area contributed by atoms with Gasteiger partial charge in [-0.1, -0.05) is 257 Å². The van der Waals surface area contributed by atoms with Crippen LogP contribution < -0.4 is 5.32 Å². The first-order chi connectivity index (χ1) is 32.3. The molecule has 392 valence electrons. The Labute approximate surface area is 407 Å². The van der Waals surface area contributed by atoms with E-state index in [1.165, 1.54) is 225 Å². The van der Waals surface area contributed by atoms with Crippen molar-refractivity contribution in [2.45, 2.75) is 333 Å². The number of allylic oxidation sites excluding steroid dienone is 2. The maximum atomic E-state index is 13.1. The second-order valence-electron chi connectivity index (χ2n) is 20.4. The van der Waals surface area contributed by atoms with Gasteiger partial charge in [0, 0.05) is 6.42 Å². The van der Waals surface area contributed by atoms with Crippen LogP contribution in [0, 0.1) is 0 Å². The molecule has 1 saturated heterocycles. The van der Waals surface area contributed by atoms with E-state index in [4.69, 9.17) is 9.47 Å². The smallest absolute Gasteiger partial charge is 0.220 e. The Hall–Kier alpha value is -1.07. The Morgan fingerprint density at radius 1 is 0.500 bits per heavy atom. The largest absolute Gasteiger partial charge is 0.394 e. The third-order valence-electron chi connectivity index (χ3n) is 14.1. The number of carbonyl (C=O) groups excluding carboxylic acids is 1. The summed E-state index contributed by atoms with van der Waals surface area (Å²) in [4.78, 5) is 13.1. The first kappa shape index (κ1) is 62.9. The molecule has 0 radical (unpaired) electrons. The normalized spacial score (nSPS) is 19.8. The maximum absolute atomic E-state index is 13.1. The molecule has 1 fully saturated rings. The summed E-state index contributed by atoms with van der Waals surface area (Å²) in [6.07, 6.45) is 51.0. The van der Waals surface area contributed by atoms with E-state index in [0.29, 0.717) is 12.8 Å². The molecule has 0 aromatic rings. The molecule has 6 N–H and O–H groups in total. The predicted molar refractivity (Wildman–Crippen MR) is 277 cm³/mol. The minimum Gasteiger partial charge on any atom is -0.394 e. The van der Waals surface area contributed by atoms with E-state index < -0.39 is 49.5 Å². The number of ether oxygens (including phenoxy) is 2. The van der Waals surface area contributed by atoms with Crippen LogP contribution in [-0.2, 0) is 14.3 Å². The number of nitrogens with one attached hydrogen (secondary N) is 1. The predicted octanol–water partition coefficient (Wildman–Crippen LogP) is 14.0. The summed E-state index contributed by atoms with van der Waals surface area (Å²) in [5.74, 6) is -0.141. The van der Waals surface area contributed by atoms with E-state index in [2.05, 4.69) is 31.3 Å². The lowest BCUT2D eigenvalue weighted by atomic mass is 9.99. The molecule has 7 atom stereocenters. The second kappa shape index (κ2) is 47.6. The van der Waals surface area contributed by atoms with Crippen LogP contribution in [0.2, 0.25) is 0 Å². The number of hydrogen-bond donors (Lipinski definition) is 6. The van der Waals surface area contributed by atoms with Gasteiger partial charge < -0.3 is 40.3 Å². The Bertz CT molecular complexity index is 1040. The fraction of sp³-hybridized carbons (Fsp3) is 0.947. The fourth-order valence-corrected chi connectivity index (χ4v) is 9.51. The summed E-state index contributed by atoms with van der Waals surface area (Å²) in [7, 11) is 0. The summed E-state index contributed by atoms with van der Waals surface area (Å²) in [5, 5.41) is 54.6. The number of aliphatic hydroxyl groups is 5. The highest BCUT2D eigenvalue weighted by Crippen LogP contribution is 2.23. The summed E-state index contributed by atoms with van der Waals surface area (Å²) in [6, 6.07) is -0.717. The monoisotopic (exact) mass is 938 g/mol. The Morgan fingerprint density at radius 3 is 1.23 bits per heavy atom. The van der Waals surface area contributed by atoms with E-state index in [0.717, 1.165) is 38.5 Å². The van der Waals surface area contributed by atoms with E-state index in [1.807, 2.05) is 0 Å². The quantitative estimate of drug-likeness (QED) is 0.0261. The average Bonchev–Trinajstić information content (AvgIpc) is 3.32. The zero-order valence-corrected chi connectivity index (χ0v) is 43.5. The molecular weight excluding hydrogens is 827 g/mol. The van der Waals surface area contributed by atoms with Crippen molar-refractivity contribution in [1.29, 1.82) is 0 Å². The van der Waals surface area contributed by atoms with Crippen LogP contribution in [0.4, 0.5) is 0 Å². The van der Waals surface area contributed by atoms with Crippen LogP contribution >= 0.6 is 0 Å². The van der Waals surface area contributed by atoms with Gasteiger partial charge in [-0.25, -0.2) is 0 Å². The highest BCUT2D eigenvalue weighted by molar-refractivity contribution is 5.76. The highest BCUT2D eigenvalue weighted by Gasteiger charge is 2.44. The fourth-order valence-electron chi connectivity index (χ4n) is 9.51. The summed E-state index contributed by atoms with van der Waals surface area (Å²) in [6.45, 7) is 3.87. The first-order valence-corrected chi connectivity index (χ1v) is 28.9. The van der Waals surface area contributed by atoms with Gasteiger partial charge in [0.05, 0.1) is 25.4 Å². The lowest BCUT2D eigenvalue weighted by molar-refractivity contribution is -0.302. The summed E-state index contributed by atoms with van der Waals surface area (Å²) in [5.41, 5.74) is 0. The van der Waals surface area contributed by atoms with Crippen LogP contribution in [0.3, 0.4) is 0 Å². The van der Waals surface area contributed by atoms with Gasteiger partial charge in [-0.3, -0.25) is 4.79 Å². The molecule has 66 heavy (non-hydrogen) atoms. The van der Waals surface area contributed by atoms with Gasteiger partial charge in [0.15, 0.2) is 6.29 Å². The molecule has 1 rings (SSSR count). The SMILES string of the molecule is CCCCCCCCCCCCCC/C=C\CCCCCCCCCCCCC(=O)NC(COC1OC(CO)C(O)C(O)C1O)C(O)CCCCCCCCCCCCCCCCCCC. The molecule has 0 aromatic heterocycles. The molecule has 7 unspecified atom stereocenters. The van der Waals surface area contributed by atoms with Crippen LogP contribution in [0.25, 0.3) is 0 Å². The van der Waals surface area contributed by atoms with Crippen molar-refractivity contribution in [1.82, 2.24) is 5.32 Å². The Kier molecular flexibility index (Phi) is 45.4. The van der Waals surface area contributed by atoms with Crippen molar-refractivity contribution in [3.63, 3.8) is 0 Å². The van der Waals surface area contributed by atoms with Crippen molar-refractivity contribution in [2.75, 3.05) is 13.2 Å². The third kappa shape index (κ3) is 36.9. The lowest BCUT2D eigenvalue weighted by Gasteiger charge is -2.40. The maximum Gasteiger partial charge on any atom is 0.220 e. The molecule has 0 aromatic carbocycles. The van der Waals surface area contributed by atoms with Crippen LogP contribution in [0.1, 0.15) is 290 Å². The van der Waals surface area contributed by atoms with E-state index >= 15 is 0 Å². The number of carbonyl (C=O) groups is 1. The van der Waals surface area contributed by atoms with Crippen LogP contribution in [-0.4, -0.2) is 87.5 Å². The van der Waals surface area contributed by atoms with Gasteiger partial charge in [0.2, 0.25) is 5.91 Å². The molecule has 1 amide bonds. The standard InChI is InChI=1S/C57H111NO8/c1-3-5-7-9-11-13-15-17-19-21-22-23-24-25-26-27-28-29-31-33-35-37-39-41-43-45-47-53(61)58-50(49-65-57-56(64)55(63)54(62)52(48-59)66-57)51(60)46-44-42-40-38-36-34-32-30-20-18-16-14-12-10-8-6-4-2/h25-26,50-52,54-57,59-60,62-64H,3-24,27-49H2,1-2H3,(H,58,61)/b26-25-. The molecule has 1 aliphatic heterocycles. The molecule has 9 nitrogen and oxygen atoms in total. The summed E-state index contributed by atoms with van der Waals surface area (Å²) < 4.78 is 11.3. The van der Waals surface area contributed by atoms with Crippen LogP contribution in [0.5, 0.6) is 0 Å². The number of amides is 1. The van der Waals surface area contributed by atoms with Crippen LogP contribution in [0.15, 0.2) is 12.2 Å². The number of hydrogen-bond acceptors (Lipinski definition) is 8. The van der Waals surface area contributed by atoms with E-state index in [1.54, 1.807) is 0 Å². The van der Waals surface area contributed by atoms with Crippen molar-refractivity contribution >= 4 is 5.91 Å². The zero-order valence-electron chi connectivity index (χ0n) is 43.5. The number of aliphatic hydroxyl groups excluding tert-OH is 5. The van der Waals surface area contributed by atoms with Gasteiger partial charge in [0.25, 0.3) is 0 Å². The number of unbranched alkanes of at least 4 members (excludes halogenated alkanes) is 38. The average molecular weight is 939 g/mol. The lowest BCUT2D eigenvalue weighted by Crippen LogP contribution is -2.60. The third-order valence-corrected chi connectivity index (χ3v) is 14.1. The van der Waals surface area contributed by atoms with Gasteiger partial charge in [-0.05, 0) is 38.5 Å². The zero-order chi connectivity index (χ0) is 48.0. The van der Waals surface area contributed by atoms with Crippen molar-refractivity contribution < 1.29 is 39.8 Å². The van der Waals surface area contributed by atoms with Crippen molar-refractivity contribution in [3.8, 4) is 0 Å². The topological polar surface area (TPSA) is 149 Å². The molecule has 9 heteroatoms. The number of rotatable bonds is 50. The second-order valence-corrected chi connectivity index (χ2v) is 20.4. The molecular formula is C57H111NO8.